The molecule has 1 aliphatic heterocycles. The van der Waals surface area contributed by atoms with Gasteiger partial charge in [-0.25, -0.2) is 4.79 Å². The molecule has 1 saturated heterocycles. The maximum Gasteiger partial charge on any atom is 0.323 e. The van der Waals surface area contributed by atoms with Crippen LogP contribution in [-0.2, 0) is 0 Å². The number of amides is 2. The highest BCUT2D eigenvalue weighted by molar-refractivity contribution is 6.00. The third-order valence-electron chi connectivity index (χ3n) is 5.15. The SMILES string of the molecule is Cc1ccc(NC(=O)Nc2ccc(-c3ccc(N4CCCC4)nn3)cc2)c(C)c1. The van der Waals surface area contributed by atoms with Crippen molar-refractivity contribution in [1.29, 1.82) is 0 Å². The predicted octanol–water partition coefficient (Wildman–Crippen LogP) is 5.00. The number of urea groups is 1. The predicted molar refractivity (Wildman–Crippen MR) is 117 cm³/mol. The van der Waals surface area contributed by atoms with Crippen LogP contribution in [0.4, 0.5) is 22.0 Å². The number of carbonyl (C=O) groups is 1. The summed E-state index contributed by atoms with van der Waals surface area (Å²) < 4.78 is 0. The molecule has 1 aliphatic rings. The Morgan fingerprint density at radius 2 is 1.66 bits per heavy atom. The first-order chi connectivity index (χ1) is 14.1. The first-order valence-corrected chi connectivity index (χ1v) is 9.93. The van der Waals surface area contributed by atoms with E-state index in [1.54, 1.807) is 0 Å². The van der Waals surface area contributed by atoms with Gasteiger partial charge in [-0.3, -0.25) is 0 Å². The number of anilines is 3. The normalized spacial score (nSPS) is 13.4. The first-order valence-electron chi connectivity index (χ1n) is 9.93. The average Bonchev–Trinajstić information content (AvgIpc) is 3.26. The minimum Gasteiger partial charge on any atom is -0.355 e. The Kier molecular flexibility index (Phi) is 5.42. The second-order valence-electron chi connectivity index (χ2n) is 7.45. The zero-order valence-corrected chi connectivity index (χ0v) is 16.8. The van der Waals surface area contributed by atoms with Crippen LogP contribution in [0.1, 0.15) is 24.0 Å². The molecule has 0 radical (unpaired) electrons. The molecule has 2 amide bonds. The van der Waals surface area contributed by atoms with E-state index in [9.17, 15) is 4.79 Å². The van der Waals surface area contributed by atoms with Crippen molar-refractivity contribution in [3.8, 4) is 11.3 Å². The van der Waals surface area contributed by atoms with Crippen molar-refractivity contribution in [3.05, 3.63) is 65.7 Å². The molecule has 29 heavy (non-hydrogen) atoms. The van der Waals surface area contributed by atoms with E-state index in [0.29, 0.717) is 0 Å². The standard InChI is InChI=1S/C23H25N5O/c1-16-5-10-20(17(2)15-16)25-23(29)24-19-8-6-18(7-9-19)21-11-12-22(27-26-21)28-13-3-4-14-28/h5-12,15H,3-4,13-14H2,1-2H3,(H2,24,25,29). The molecular formula is C23H25N5O. The summed E-state index contributed by atoms with van der Waals surface area (Å²) in [5.74, 6) is 0.938. The van der Waals surface area contributed by atoms with Gasteiger partial charge < -0.3 is 15.5 Å². The fourth-order valence-corrected chi connectivity index (χ4v) is 3.56. The molecule has 0 aliphatic carbocycles. The van der Waals surface area contributed by atoms with Crippen LogP contribution in [0, 0.1) is 13.8 Å². The van der Waals surface area contributed by atoms with Crippen molar-refractivity contribution >= 4 is 23.2 Å². The summed E-state index contributed by atoms with van der Waals surface area (Å²) in [5, 5.41) is 14.5. The van der Waals surface area contributed by atoms with Crippen LogP contribution in [-0.4, -0.2) is 29.3 Å². The van der Waals surface area contributed by atoms with Crippen LogP contribution >= 0.6 is 0 Å². The van der Waals surface area contributed by atoms with Crippen molar-refractivity contribution in [2.45, 2.75) is 26.7 Å². The van der Waals surface area contributed by atoms with Crippen molar-refractivity contribution < 1.29 is 4.79 Å². The number of hydrogen-bond donors (Lipinski definition) is 2. The van der Waals surface area contributed by atoms with E-state index in [4.69, 9.17) is 0 Å². The van der Waals surface area contributed by atoms with E-state index < -0.39 is 0 Å². The summed E-state index contributed by atoms with van der Waals surface area (Å²) >= 11 is 0. The number of hydrogen-bond acceptors (Lipinski definition) is 4. The molecule has 0 spiro atoms. The van der Waals surface area contributed by atoms with Gasteiger partial charge in [-0.1, -0.05) is 29.8 Å². The van der Waals surface area contributed by atoms with Crippen LogP contribution in [0.3, 0.4) is 0 Å². The minimum atomic E-state index is -0.264. The summed E-state index contributed by atoms with van der Waals surface area (Å²) in [6.45, 7) is 6.12. The molecule has 148 valence electrons. The van der Waals surface area contributed by atoms with Crippen LogP contribution < -0.4 is 15.5 Å². The van der Waals surface area contributed by atoms with E-state index in [-0.39, 0.29) is 6.03 Å². The summed E-state index contributed by atoms with van der Waals surface area (Å²) in [7, 11) is 0. The lowest BCUT2D eigenvalue weighted by Crippen LogP contribution is -2.20. The highest BCUT2D eigenvalue weighted by atomic mass is 16.2. The average molecular weight is 387 g/mol. The molecule has 0 atom stereocenters. The Hall–Kier alpha value is -3.41. The molecule has 6 heteroatoms. The molecule has 0 unspecified atom stereocenters. The van der Waals surface area contributed by atoms with Crippen molar-refractivity contribution in [2.24, 2.45) is 0 Å². The van der Waals surface area contributed by atoms with Gasteiger partial charge in [-0.2, -0.15) is 0 Å². The fourth-order valence-electron chi connectivity index (χ4n) is 3.56. The van der Waals surface area contributed by atoms with Gasteiger partial charge in [0.1, 0.15) is 0 Å². The van der Waals surface area contributed by atoms with E-state index in [2.05, 4.69) is 25.7 Å². The van der Waals surface area contributed by atoms with Crippen molar-refractivity contribution in [2.75, 3.05) is 28.6 Å². The van der Waals surface area contributed by atoms with Gasteiger partial charge in [-0.05, 0) is 62.6 Å². The summed E-state index contributed by atoms with van der Waals surface area (Å²) in [6, 6.07) is 17.3. The van der Waals surface area contributed by atoms with Crippen LogP contribution in [0.25, 0.3) is 11.3 Å². The Balaban J connectivity index is 1.39. The zero-order chi connectivity index (χ0) is 20.2. The molecule has 3 aromatic rings. The lowest BCUT2D eigenvalue weighted by molar-refractivity contribution is 0.262. The molecule has 4 rings (SSSR count). The smallest absolute Gasteiger partial charge is 0.323 e. The summed E-state index contributed by atoms with van der Waals surface area (Å²) in [5.41, 5.74) is 5.51. The molecule has 1 aromatic heterocycles. The Labute approximate surface area is 171 Å². The van der Waals surface area contributed by atoms with E-state index in [0.717, 1.165) is 47.1 Å². The minimum absolute atomic E-state index is 0.264. The Bertz CT molecular complexity index is 993. The summed E-state index contributed by atoms with van der Waals surface area (Å²) in [4.78, 5) is 14.6. The molecule has 1 fully saturated rings. The topological polar surface area (TPSA) is 70.2 Å². The van der Waals surface area contributed by atoms with Crippen LogP contribution in [0.5, 0.6) is 0 Å². The van der Waals surface area contributed by atoms with Gasteiger partial charge in [0.2, 0.25) is 0 Å². The van der Waals surface area contributed by atoms with Gasteiger partial charge in [0.15, 0.2) is 5.82 Å². The van der Waals surface area contributed by atoms with Crippen molar-refractivity contribution in [1.82, 2.24) is 10.2 Å². The van der Waals surface area contributed by atoms with Gasteiger partial charge in [0, 0.05) is 30.0 Å². The number of aromatic nitrogens is 2. The Morgan fingerprint density at radius 3 is 2.31 bits per heavy atom. The third-order valence-corrected chi connectivity index (χ3v) is 5.15. The second kappa shape index (κ2) is 8.31. The highest BCUT2D eigenvalue weighted by Crippen LogP contribution is 2.23. The van der Waals surface area contributed by atoms with Gasteiger partial charge in [0.05, 0.1) is 5.69 Å². The molecule has 2 aromatic carbocycles. The molecule has 2 heterocycles. The fraction of sp³-hybridized carbons (Fsp3) is 0.261. The molecule has 0 bridgehead atoms. The van der Waals surface area contributed by atoms with Gasteiger partial charge in [-0.15, -0.1) is 10.2 Å². The number of aryl methyl sites for hydroxylation is 2. The quantitative estimate of drug-likeness (QED) is 0.661. The highest BCUT2D eigenvalue weighted by Gasteiger charge is 2.14. The molecule has 6 nitrogen and oxygen atoms in total. The molecule has 0 saturated carbocycles. The maximum absolute atomic E-state index is 12.3. The zero-order valence-electron chi connectivity index (χ0n) is 16.8. The second-order valence-corrected chi connectivity index (χ2v) is 7.45. The Morgan fingerprint density at radius 1 is 0.897 bits per heavy atom. The summed E-state index contributed by atoms with van der Waals surface area (Å²) in [6.07, 6.45) is 2.43. The van der Waals surface area contributed by atoms with E-state index >= 15 is 0 Å². The third kappa shape index (κ3) is 4.54. The lowest BCUT2D eigenvalue weighted by Gasteiger charge is -2.15. The van der Waals surface area contributed by atoms with Gasteiger partial charge in [0.25, 0.3) is 0 Å². The van der Waals surface area contributed by atoms with E-state index in [1.165, 1.54) is 18.4 Å². The molecular weight excluding hydrogens is 362 g/mol. The monoisotopic (exact) mass is 387 g/mol. The van der Waals surface area contributed by atoms with Crippen LogP contribution in [0.2, 0.25) is 0 Å². The number of nitrogens with one attached hydrogen (secondary N) is 2. The van der Waals surface area contributed by atoms with Gasteiger partial charge >= 0.3 is 6.03 Å². The number of rotatable bonds is 4. The lowest BCUT2D eigenvalue weighted by atomic mass is 10.1. The first kappa shape index (κ1) is 18.9. The maximum atomic E-state index is 12.3. The number of carbonyl (C=O) groups excluding carboxylic acids is 1. The number of nitrogens with zero attached hydrogens (tertiary/aromatic N) is 3. The van der Waals surface area contributed by atoms with Crippen molar-refractivity contribution in [3.63, 3.8) is 0 Å². The van der Waals surface area contributed by atoms with Crippen LogP contribution in [0.15, 0.2) is 54.6 Å². The largest absolute Gasteiger partial charge is 0.355 e. The number of benzene rings is 2. The van der Waals surface area contributed by atoms with E-state index in [1.807, 2.05) is 68.4 Å². The molecule has 2 N–H and O–H groups in total.